The van der Waals surface area contributed by atoms with Crippen molar-refractivity contribution in [1.82, 2.24) is 4.98 Å². The molecule has 1 nitrogen and oxygen atoms in total. The molecule has 0 fully saturated rings. The highest BCUT2D eigenvalue weighted by Gasteiger charge is 2.11. The minimum absolute atomic E-state index is 0.643. The number of hydrogen-bond acceptors (Lipinski definition) is 0. The lowest BCUT2D eigenvalue weighted by atomic mass is 9.94. The number of H-pyrrole nitrogens is 1. The van der Waals surface area contributed by atoms with Crippen molar-refractivity contribution in [3.05, 3.63) is 34.4 Å². The lowest BCUT2D eigenvalue weighted by molar-refractivity contribution is 0.582. The Morgan fingerprint density at radius 2 is 2.06 bits per heavy atom. The summed E-state index contributed by atoms with van der Waals surface area (Å²) < 4.78 is 1.16. The quantitative estimate of drug-likeness (QED) is 0.629. The van der Waals surface area contributed by atoms with Crippen molar-refractivity contribution in [3.63, 3.8) is 0 Å². The summed E-state index contributed by atoms with van der Waals surface area (Å²) in [4.78, 5) is 3.38. The zero-order valence-electron chi connectivity index (χ0n) is 11.3. The number of aromatic amines is 1. The molecule has 0 bridgehead atoms. The average molecular weight is 308 g/mol. The van der Waals surface area contributed by atoms with Gasteiger partial charge in [0.05, 0.1) is 0 Å². The average Bonchev–Trinajstić information content (AvgIpc) is 2.77. The number of hydrogen-bond donors (Lipinski definition) is 1. The molecule has 0 aliphatic heterocycles. The molecule has 2 aromatic rings. The number of fused-ring (bicyclic) bond motifs is 1. The van der Waals surface area contributed by atoms with Gasteiger partial charge in [0.25, 0.3) is 0 Å². The van der Waals surface area contributed by atoms with E-state index in [9.17, 15) is 0 Å². The summed E-state index contributed by atoms with van der Waals surface area (Å²) in [6.07, 6.45) is 8.87. The molecule has 2 heteroatoms. The van der Waals surface area contributed by atoms with Crippen LogP contribution in [0, 0.1) is 0 Å². The fraction of sp³-hybridized carbons (Fsp3) is 0.500. The SMILES string of the molecule is CCCCCCC(C)c1c[nH]c2ccc(Br)cc12. The molecule has 0 radical (unpaired) electrons. The maximum Gasteiger partial charge on any atom is 0.0457 e. The van der Waals surface area contributed by atoms with Crippen LogP contribution >= 0.6 is 15.9 Å². The number of unbranched alkanes of at least 4 members (excludes halogenated alkanes) is 3. The van der Waals surface area contributed by atoms with Crippen LogP contribution in [-0.4, -0.2) is 4.98 Å². The van der Waals surface area contributed by atoms with E-state index in [0.29, 0.717) is 5.92 Å². The summed E-state index contributed by atoms with van der Waals surface area (Å²) in [6.45, 7) is 4.61. The van der Waals surface area contributed by atoms with Gasteiger partial charge in [-0.1, -0.05) is 55.5 Å². The summed E-state index contributed by atoms with van der Waals surface area (Å²) in [5, 5.41) is 1.37. The molecule has 0 saturated heterocycles. The van der Waals surface area contributed by atoms with Gasteiger partial charge in [-0.15, -0.1) is 0 Å². The Balaban J connectivity index is 2.07. The molecule has 0 aliphatic rings. The lowest BCUT2D eigenvalue weighted by Crippen LogP contribution is -1.92. The summed E-state index contributed by atoms with van der Waals surface area (Å²) >= 11 is 3.56. The third-order valence-corrected chi connectivity index (χ3v) is 4.19. The van der Waals surface area contributed by atoms with Crippen LogP contribution in [0.4, 0.5) is 0 Å². The van der Waals surface area contributed by atoms with Gasteiger partial charge in [0.2, 0.25) is 0 Å². The Morgan fingerprint density at radius 1 is 1.22 bits per heavy atom. The van der Waals surface area contributed by atoms with E-state index in [1.54, 1.807) is 0 Å². The summed E-state index contributed by atoms with van der Waals surface area (Å²) in [5.41, 5.74) is 2.71. The number of halogens is 1. The summed E-state index contributed by atoms with van der Waals surface area (Å²) in [5.74, 6) is 0.643. The van der Waals surface area contributed by atoms with Gasteiger partial charge in [0.1, 0.15) is 0 Å². The van der Waals surface area contributed by atoms with Gasteiger partial charge < -0.3 is 4.98 Å². The van der Waals surface area contributed by atoms with Crippen LogP contribution in [0.25, 0.3) is 10.9 Å². The van der Waals surface area contributed by atoms with Gasteiger partial charge in [0.15, 0.2) is 0 Å². The normalized spacial score (nSPS) is 13.1. The Kier molecular flexibility index (Phi) is 4.87. The molecule has 1 aromatic heterocycles. The lowest BCUT2D eigenvalue weighted by Gasteiger charge is -2.10. The van der Waals surface area contributed by atoms with E-state index in [0.717, 1.165) is 4.47 Å². The molecular formula is C16H22BrN. The molecule has 0 spiro atoms. The minimum atomic E-state index is 0.643. The van der Waals surface area contributed by atoms with Crippen LogP contribution < -0.4 is 0 Å². The fourth-order valence-corrected chi connectivity index (χ4v) is 2.92. The largest absolute Gasteiger partial charge is 0.361 e. The van der Waals surface area contributed by atoms with Crippen molar-refractivity contribution in [2.45, 2.75) is 51.9 Å². The molecule has 1 aromatic carbocycles. The maximum atomic E-state index is 3.56. The van der Waals surface area contributed by atoms with Crippen molar-refractivity contribution in [3.8, 4) is 0 Å². The predicted octanol–water partition coefficient (Wildman–Crippen LogP) is 6.00. The Bertz CT molecular complexity index is 501. The van der Waals surface area contributed by atoms with E-state index in [1.165, 1.54) is 48.6 Å². The third-order valence-electron chi connectivity index (χ3n) is 3.70. The summed E-state index contributed by atoms with van der Waals surface area (Å²) in [7, 11) is 0. The third kappa shape index (κ3) is 3.17. The van der Waals surface area contributed by atoms with Gasteiger partial charge >= 0.3 is 0 Å². The first-order valence-electron chi connectivity index (χ1n) is 6.99. The van der Waals surface area contributed by atoms with Gasteiger partial charge in [-0.25, -0.2) is 0 Å². The van der Waals surface area contributed by atoms with E-state index in [4.69, 9.17) is 0 Å². The topological polar surface area (TPSA) is 15.8 Å². The molecule has 0 aliphatic carbocycles. The van der Waals surface area contributed by atoms with Crippen molar-refractivity contribution in [1.29, 1.82) is 0 Å². The van der Waals surface area contributed by atoms with Gasteiger partial charge in [0, 0.05) is 21.6 Å². The van der Waals surface area contributed by atoms with E-state index >= 15 is 0 Å². The molecule has 1 heterocycles. The molecule has 0 amide bonds. The highest BCUT2D eigenvalue weighted by Crippen LogP contribution is 2.30. The number of benzene rings is 1. The van der Waals surface area contributed by atoms with Crippen molar-refractivity contribution in [2.75, 3.05) is 0 Å². The number of aromatic nitrogens is 1. The van der Waals surface area contributed by atoms with Crippen molar-refractivity contribution < 1.29 is 0 Å². The van der Waals surface area contributed by atoms with Gasteiger partial charge in [-0.05, 0) is 36.1 Å². The zero-order chi connectivity index (χ0) is 13.0. The van der Waals surface area contributed by atoms with Crippen molar-refractivity contribution >= 4 is 26.8 Å². The van der Waals surface area contributed by atoms with Crippen LogP contribution in [0.1, 0.15) is 57.4 Å². The molecule has 98 valence electrons. The Morgan fingerprint density at radius 3 is 2.83 bits per heavy atom. The monoisotopic (exact) mass is 307 g/mol. The Hall–Kier alpha value is -0.760. The first-order valence-corrected chi connectivity index (χ1v) is 7.78. The predicted molar refractivity (Wildman–Crippen MR) is 83.2 cm³/mol. The van der Waals surface area contributed by atoms with Crippen LogP contribution in [0.5, 0.6) is 0 Å². The van der Waals surface area contributed by atoms with Crippen LogP contribution in [-0.2, 0) is 0 Å². The highest BCUT2D eigenvalue weighted by atomic mass is 79.9. The second-order valence-electron chi connectivity index (χ2n) is 5.18. The molecule has 1 unspecified atom stereocenters. The number of nitrogens with one attached hydrogen (secondary N) is 1. The van der Waals surface area contributed by atoms with Gasteiger partial charge in [-0.3, -0.25) is 0 Å². The molecule has 1 atom stereocenters. The molecule has 1 N–H and O–H groups in total. The first kappa shape index (κ1) is 13.7. The van der Waals surface area contributed by atoms with E-state index in [1.807, 2.05) is 0 Å². The summed E-state index contributed by atoms with van der Waals surface area (Å²) in [6, 6.07) is 6.46. The van der Waals surface area contributed by atoms with Crippen LogP contribution in [0.3, 0.4) is 0 Å². The van der Waals surface area contributed by atoms with E-state index in [2.05, 4.69) is 59.2 Å². The Labute approximate surface area is 118 Å². The molecule has 2 rings (SSSR count). The molecular weight excluding hydrogens is 286 g/mol. The smallest absolute Gasteiger partial charge is 0.0457 e. The second kappa shape index (κ2) is 6.42. The highest BCUT2D eigenvalue weighted by molar-refractivity contribution is 9.10. The zero-order valence-corrected chi connectivity index (χ0v) is 12.9. The van der Waals surface area contributed by atoms with Crippen molar-refractivity contribution in [2.24, 2.45) is 0 Å². The van der Waals surface area contributed by atoms with Crippen LogP contribution in [0.2, 0.25) is 0 Å². The van der Waals surface area contributed by atoms with E-state index in [-0.39, 0.29) is 0 Å². The first-order chi connectivity index (χ1) is 8.72. The second-order valence-corrected chi connectivity index (χ2v) is 6.10. The van der Waals surface area contributed by atoms with Gasteiger partial charge in [-0.2, -0.15) is 0 Å². The maximum absolute atomic E-state index is 3.56. The van der Waals surface area contributed by atoms with Crippen LogP contribution in [0.15, 0.2) is 28.9 Å². The number of rotatable bonds is 6. The van der Waals surface area contributed by atoms with E-state index < -0.39 is 0 Å². The molecule has 0 saturated carbocycles. The fourth-order valence-electron chi connectivity index (χ4n) is 2.55. The standard InChI is InChI=1S/C16H22BrN/c1-3-4-5-6-7-12(2)15-11-18-16-9-8-13(17)10-14(15)16/h8-12,18H,3-7H2,1-2H3. The molecule has 18 heavy (non-hydrogen) atoms. The minimum Gasteiger partial charge on any atom is -0.361 e.